The molecule has 0 saturated carbocycles. The van der Waals surface area contributed by atoms with E-state index in [-0.39, 0.29) is 5.54 Å². The van der Waals surface area contributed by atoms with Crippen LogP contribution in [0.5, 0.6) is 0 Å². The highest BCUT2D eigenvalue weighted by molar-refractivity contribution is 5.73. The number of nitrogens with one attached hydrogen (secondary N) is 3. The third kappa shape index (κ3) is 4.61. The molecule has 0 aliphatic rings. The van der Waals surface area contributed by atoms with Crippen LogP contribution in [-0.2, 0) is 6.54 Å². The van der Waals surface area contributed by atoms with Crippen LogP contribution in [0.1, 0.15) is 26.3 Å². The monoisotopic (exact) mass is 286 g/mol. The highest BCUT2D eigenvalue weighted by Crippen LogP contribution is 2.22. The number of anilines is 3. The van der Waals surface area contributed by atoms with Crippen LogP contribution >= 0.6 is 0 Å². The number of aromatic nitrogens is 2. The van der Waals surface area contributed by atoms with Gasteiger partial charge >= 0.3 is 0 Å². The largest absolute Gasteiger partial charge is 0.393 e. The lowest BCUT2D eigenvalue weighted by Crippen LogP contribution is -2.40. The number of benzene rings is 1. The molecule has 0 spiro atoms. The summed E-state index contributed by atoms with van der Waals surface area (Å²) in [4.78, 5) is 8.33. The van der Waals surface area contributed by atoms with E-state index in [2.05, 4.69) is 26.1 Å². The van der Waals surface area contributed by atoms with Crippen molar-refractivity contribution in [1.29, 1.82) is 0 Å². The van der Waals surface area contributed by atoms with Crippen molar-refractivity contribution < 1.29 is 0 Å². The maximum Gasteiger partial charge on any atom is 0.169 e. The van der Waals surface area contributed by atoms with E-state index in [1.165, 1.54) is 6.33 Å². The first-order chi connectivity index (χ1) is 9.96. The number of hydrogen-bond donors (Lipinski definition) is 4. The third-order valence-electron chi connectivity index (χ3n) is 2.74. The van der Waals surface area contributed by atoms with Gasteiger partial charge in [0.15, 0.2) is 11.6 Å². The predicted octanol–water partition coefficient (Wildman–Crippen LogP) is 2.39. The Bertz CT molecular complexity index is 576. The molecule has 2 rings (SSSR count). The topological polar surface area (TPSA) is 87.9 Å². The number of hydrogen-bond acceptors (Lipinski definition) is 6. The Kier molecular flexibility index (Phi) is 4.59. The average molecular weight is 286 g/mol. The molecule has 0 aliphatic heterocycles. The van der Waals surface area contributed by atoms with Crippen molar-refractivity contribution in [2.45, 2.75) is 32.9 Å². The van der Waals surface area contributed by atoms with E-state index in [1.807, 2.05) is 51.1 Å². The Labute approximate surface area is 125 Å². The van der Waals surface area contributed by atoms with Crippen molar-refractivity contribution in [2.75, 3.05) is 16.5 Å². The molecule has 0 radical (unpaired) electrons. The summed E-state index contributed by atoms with van der Waals surface area (Å²) in [5.74, 6) is 1.18. The second kappa shape index (κ2) is 6.41. The Hall–Kier alpha value is -2.34. The van der Waals surface area contributed by atoms with Gasteiger partial charge in [-0.3, -0.25) is 0 Å². The van der Waals surface area contributed by atoms with Gasteiger partial charge in [-0.15, -0.1) is 0 Å². The minimum absolute atomic E-state index is 0.0883. The Morgan fingerprint density at radius 3 is 2.38 bits per heavy atom. The molecular weight excluding hydrogens is 264 g/mol. The summed E-state index contributed by atoms with van der Waals surface area (Å²) in [6, 6.07) is 10.1. The van der Waals surface area contributed by atoms with Gasteiger partial charge in [-0.05, 0) is 26.3 Å². The molecule has 0 bridgehead atoms. The summed E-state index contributed by atoms with van der Waals surface area (Å²) in [6.07, 6.45) is 1.48. The lowest BCUT2D eigenvalue weighted by molar-refractivity contribution is 0.464. The van der Waals surface area contributed by atoms with Crippen molar-refractivity contribution in [3.05, 3.63) is 42.2 Å². The normalized spacial score (nSPS) is 11.2. The van der Waals surface area contributed by atoms with E-state index in [0.717, 1.165) is 5.56 Å². The van der Waals surface area contributed by atoms with Gasteiger partial charge in [-0.25, -0.2) is 15.4 Å². The molecule has 0 atom stereocenters. The minimum atomic E-state index is -0.0883. The molecular formula is C15H22N6. The Morgan fingerprint density at radius 2 is 1.71 bits per heavy atom. The molecule has 6 nitrogen and oxygen atoms in total. The summed E-state index contributed by atoms with van der Waals surface area (Å²) < 4.78 is 0. The van der Waals surface area contributed by atoms with Crippen molar-refractivity contribution in [3.63, 3.8) is 0 Å². The Balaban J connectivity index is 2.03. The summed E-state index contributed by atoms with van der Waals surface area (Å²) in [7, 11) is 0. The summed E-state index contributed by atoms with van der Waals surface area (Å²) in [5.41, 5.74) is 13.8. The number of nitrogens with zero attached hydrogens (tertiary/aromatic N) is 2. The number of rotatable bonds is 5. The van der Waals surface area contributed by atoms with Crippen molar-refractivity contribution in [3.8, 4) is 0 Å². The summed E-state index contributed by atoms with van der Waals surface area (Å²) in [5, 5.41) is 3.22. The van der Waals surface area contributed by atoms with E-state index in [1.54, 1.807) is 0 Å². The zero-order valence-corrected chi connectivity index (χ0v) is 12.6. The molecule has 6 heteroatoms. The van der Waals surface area contributed by atoms with Crippen molar-refractivity contribution in [2.24, 2.45) is 0 Å². The number of nitrogens with two attached hydrogens (primary N) is 1. The van der Waals surface area contributed by atoms with Crippen molar-refractivity contribution >= 4 is 17.3 Å². The maximum atomic E-state index is 6.09. The minimum Gasteiger partial charge on any atom is -0.393 e. The van der Waals surface area contributed by atoms with Crippen LogP contribution in [0.2, 0.25) is 0 Å². The fraction of sp³-hybridized carbons (Fsp3) is 0.333. The number of hydrazine groups is 1. The van der Waals surface area contributed by atoms with Gasteiger partial charge in [0.1, 0.15) is 12.0 Å². The average Bonchev–Trinajstić information content (AvgIpc) is 2.45. The summed E-state index contributed by atoms with van der Waals surface area (Å²) >= 11 is 0. The molecule has 0 amide bonds. The smallest absolute Gasteiger partial charge is 0.169 e. The SMILES string of the molecule is CC(C)(C)NNc1ncnc(NCc2ccccc2)c1N. The molecule has 21 heavy (non-hydrogen) atoms. The van der Waals surface area contributed by atoms with E-state index in [4.69, 9.17) is 5.73 Å². The molecule has 5 N–H and O–H groups in total. The first kappa shape index (κ1) is 15.1. The first-order valence-electron chi connectivity index (χ1n) is 6.87. The van der Waals surface area contributed by atoms with Gasteiger partial charge in [0.25, 0.3) is 0 Å². The van der Waals surface area contributed by atoms with Crippen LogP contribution in [0.4, 0.5) is 17.3 Å². The van der Waals surface area contributed by atoms with E-state index >= 15 is 0 Å². The molecule has 0 aliphatic carbocycles. The lowest BCUT2D eigenvalue weighted by Gasteiger charge is -2.22. The maximum absolute atomic E-state index is 6.09. The highest BCUT2D eigenvalue weighted by Gasteiger charge is 2.12. The molecule has 0 saturated heterocycles. The summed E-state index contributed by atoms with van der Waals surface area (Å²) in [6.45, 7) is 6.80. The zero-order chi connectivity index (χ0) is 15.3. The van der Waals surface area contributed by atoms with E-state index < -0.39 is 0 Å². The fourth-order valence-corrected chi connectivity index (χ4v) is 1.66. The van der Waals surface area contributed by atoms with E-state index in [0.29, 0.717) is 23.9 Å². The van der Waals surface area contributed by atoms with Gasteiger partial charge in [0.2, 0.25) is 0 Å². The second-order valence-electron chi connectivity index (χ2n) is 5.82. The highest BCUT2D eigenvalue weighted by atomic mass is 15.4. The standard InChI is InChI=1S/C15H22N6/c1-15(2,3)21-20-14-12(16)13(18-10-19-14)17-9-11-7-5-4-6-8-11/h4-8,10,21H,9,16H2,1-3H3,(H2,17,18,19,20). The van der Waals surface area contributed by atoms with Crippen LogP contribution in [0.3, 0.4) is 0 Å². The molecule has 1 aromatic carbocycles. The molecule has 0 fully saturated rings. The molecule has 0 unspecified atom stereocenters. The van der Waals surface area contributed by atoms with Crippen LogP contribution < -0.4 is 21.9 Å². The van der Waals surface area contributed by atoms with Gasteiger partial charge in [-0.2, -0.15) is 0 Å². The zero-order valence-electron chi connectivity index (χ0n) is 12.6. The fourth-order valence-electron chi connectivity index (χ4n) is 1.66. The van der Waals surface area contributed by atoms with Gasteiger partial charge in [-0.1, -0.05) is 30.3 Å². The Morgan fingerprint density at radius 1 is 1.05 bits per heavy atom. The first-order valence-corrected chi connectivity index (χ1v) is 6.87. The number of nitrogen functional groups attached to an aromatic ring is 1. The van der Waals surface area contributed by atoms with Crippen LogP contribution in [0.15, 0.2) is 36.7 Å². The van der Waals surface area contributed by atoms with Crippen LogP contribution in [0.25, 0.3) is 0 Å². The lowest BCUT2D eigenvalue weighted by atomic mass is 10.1. The predicted molar refractivity (Wildman–Crippen MR) is 86.7 cm³/mol. The van der Waals surface area contributed by atoms with Gasteiger partial charge in [0, 0.05) is 12.1 Å². The molecule has 112 valence electrons. The van der Waals surface area contributed by atoms with Crippen LogP contribution in [-0.4, -0.2) is 15.5 Å². The second-order valence-corrected chi connectivity index (χ2v) is 5.82. The molecule has 1 heterocycles. The van der Waals surface area contributed by atoms with Crippen LogP contribution in [0, 0.1) is 0 Å². The van der Waals surface area contributed by atoms with Gasteiger partial charge < -0.3 is 16.5 Å². The molecule has 1 aromatic heterocycles. The van der Waals surface area contributed by atoms with Crippen molar-refractivity contribution in [1.82, 2.24) is 15.4 Å². The van der Waals surface area contributed by atoms with Gasteiger partial charge in [0.05, 0.1) is 0 Å². The quantitative estimate of drug-likeness (QED) is 0.631. The molecule has 2 aromatic rings. The third-order valence-corrected chi connectivity index (χ3v) is 2.74. The van der Waals surface area contributed by atoms with E-state index in [9.17, 15) is 0 Å².